The van der Waals surface area contributed by atoms with Gasteiger partial charge in [-0.15, -0.1) is 0 Å². The van der Waals surface area contributed by atoms with Crippen molar-refractivity contribution in [2.75, 3.05) is 29.9 Å². The minimum atomic E-state index is 0.712. The van der Waals surface area contributed by atoms with Crippen LogP contribution in [0.1, 0.15) is 30.8 Å². The van der Waals surface area contributed by atoms with Gasteiger partial charge in [0.2, 0.25) is 5.95 Å². The van der Waals surface area contributed by atoms with Crippen molar-refractivity contribution in [1.29, 1.82) is 0 Å². The first-order chi connectivity index (χ1) is 10.2. The van der Waals surface area contributed by atoms with Crippen molar-refractivity contribution in [2.45, 2.75) is 20.8 Å². The standard InChI is InChI=1S/C16H21N5/c1-4-17-16-19-11(3)13-9-12(14-7-6-8-18-14)10-21(5-2)15(13)20-16/h6-9,18H,4-5,10H2,1-3H3,(H,17,19,20). The minimum absolute atomic E-state index is 0.712. The molecule has 21 heavy (non-hydrogen) atoms. The number of anilines is 2. The zero-order chi connectivity index (χ0) is 14.8. The Morgan fingerprint density at radius 3 is 2.86 bits per heavy atom. The predicted octanol–water partition coefficient (Wildman–Crippen LogP) is 2.93. The lowest BCUT2D eigenvalue weighted by molar-refractivity contribution is 0.866. The van der Waals surface area contributed by atoms with Crippen LogP contribution in [0, 0.1) is 6.92 Å². The Bertz CT molecular complexity index is 658. The summed E-state index contributed by atoms with van der Waals surface area (Å²) < 4.78 is 0. The molecule has 2 aromatic rings. The predicted molar refractivity (Wildman–Crippen MR) is 87.5 cm³/mol. The van der Waals surface area contributed by atoms with E-state index in [1.165, 1.54) is 5.57 Å². The molecule has 1 aliphatic rings. The van der Waals surface area contributed by atoms with Crippen LogP contribution in [-0.2, 0) is 0 Å². The van der Waals surface area contributed by atoms with Crippen LogP contribution in [0.5, 0.6) is 0 Å². The average Bonchev–Trinajstić information content (AvgIpc) is 3.01. The number of fused-ring (bicyclic) bond motifs is 1. The van der Waals surface area contributed by atoms with E-state index in [1.807, 2.05) is 19.2 Å². The summed E-state index contributed by atoms with van der Waals surface area (Å²) in [5.41, 5.74) is 4.57. The summed E-state index contributed by atoms with van der Waals surface area (Å²) >= 11 is 0. The van der Waals surface area contributed by atoms with Gasteiger partial charge in [-0.1, -0.05) is 0 Å². The second-order valence-corrected chi connectivity index (χ2v) is 5.17. The Labute approximate surface area is 125 Å². The highest BCUT2D eigenvalue weighted by molar-refractivity contribution is 5.90. The molecular formula is C16H21N5. The summed E-state index contributed by atoms with van der Waals surface area (Å²) in [6, 6.07) is 4.13. The molecule has 2 aromatic heterocycles. The van der Waals surface area contributed by atoms with Crippen molar-refractivity contribution in [2.24, 2.45) is 0 Å². The Hall–Kier alpha value is -2.30. The van der Waals surface area contributed by atoms with Gasteiger partial charge < -0.3 is 15.2 Å². The van der Waals surface area contributed by atoms with Crippen LogP contribution in [0.15, 0.2) is 18.3 Å². The molecule has 0 atom stereocenters. The van der Waals surface area contributed by atoms with Crippen molar-refractivity contribution in [3.8, 4) is 0 Å². The molecule has 5 nitrogen and oxygen atoms in total. The van der Waals surface area contributed by atoms with Crippen LogP contribution in [-0.4, -0.2) is 34.6 Å². The van der Waals surface area contributed by atoms with Crippen LogP contribution < -0.4 is 10.2 Å². The zero-order valence-electron chi connectivity index (χ0n) is 12.8. The van der Waals surface area contributed by atoms with Gasteiger partial charge in [-0.05, 0) is 44.6 Å². The highest BCUT2D eigenvalue weighted by Crippen LogP contribution is 2.32. The van der Waals surface area contributed by atoms with Crippen molar-refractivity contribution in [1.82, 2.24) is 15.0 Å². The van der Waals surface area contributed by atoms with Gasteiger partial charge in [0.15, 0.2) is 0 Å². The number of hydrogen-bond donors (Lipinski definition) is 2. The molecule has 0 radical (unpaired) electrons. The second kappa shape index (κ2) is 5.60. The first-order valence-corrected chi connectivity index (χ1v) is 7.44. The average molecular weight is 283 g/mol. The fourth-order valence-corrected chi connectivity index (χ4v) is 2.67. The topological polar surface area (TPSA) is 56.8 Å². The molecule has 0 fully saturated rings. The van der Waals surface area contributed by atoms with Gasteiger partial charge in [-0.3, -0.25) is 0 Å². The Kier molecular flexibility index (Phi) is 3.64. The van der Waals surface area contributed by atoms with E-state index in [0.29, 0.717) is 5.95 Å². The molecule has 0 aliphatic carbocycles. The summed E-state index contributed by atoms with van der Waals surface area (Å²) in [5.74, 6) is 1.74. The monoisotopic (exact) mass is 283 g/mol. The van der Waals surface area contributed by atoms with Crippen LogP contribution in [0.2, 0.25) is 0 Å². The summed E-state index contributed by atoms with van der Waals surface area (Å²) in [7, 11) is 0. The maximum Gasteiger partial charge on any atom is 0.224 e. The molecule has 5 heteroatoms. The molecule has 0 spiro atoms. The van der Waals surface area contributed by atoms with Crippen molar-refractivity contribution >= 4 is 23.4 Å². The zero-order valence-corrected chi connectivity index (χ0v) is 12.8. The number of likely N-dealkylation sites (N-methyl/N-ethyl adjacent to an activating group) is 1. The fraction of sp³-hybridized carbons (Fsp3) is 0.375. The highest BCUT2D eigenvalue weighted by atomic mass is 15.2. The lowest BCUT2D eigenvalue weighted by Crippen LogP contribution is -2.30. The molecule has 0 bridgehead atoms. The van der Waals surface area contributed by atoms with Gasteiger partial charge in [-0.25, -0.2) is 4.98 Å². The molecular weight excluding hydrogens is 262 g/mol. The maximum absolute atomic E-state index is 4.68. The summed E-state index contributed by atoms with van der Waals surface area (Å²) in [4.78, 5) is 14.8. The number of nitrogens with zero attached hydrogens (tertiary/aromatic N) is 3. The summed E-state index contributed by atoms with van der Waals surface area (Å²) in [6.45, 7) is 8.88. The third-order valence-corrected chi connectivity index (χ3v) is 3.76. The Morgan fingerprint density at radius 1 is 1.33 bits per heavy atom. The van der Waals surface area contributed by atoms with Gasteiger partial charge in [0, 0.05) is 37.1 Å². The number of rotatable bonds is 4. The molecule has 0 unspecified atom stereocenters. The van der Waals surface area contributed by atoms with E-state index in [1.54, 1.807) is 0 Å². The van der Waals surface area contributed by atoms with E-state index in [9.17, 15) is 0 Å². The van der Waals surface area contributed by atoms with Crippen LogP contribution in [0.3, 0.4) is 0 Å². The normalized spacial score (nSPS) is 13.9. The molecule has 110 valence electrons. The SMILES string of the molecule is CCNc1nc(C)c2c(n1)N(CC)CC(c1ccc[nH]1)=C2. The third kappa shape index (κ3) is 2.51. The number of hydrogen-bond acceptors (Lipinski definition) is 4. The fourth-order valence-electron chi connectivity index (χ4n) is 2.67. The minimum Gasteiger partial charge on any atom is -0.361 e. The van der Waals surface area contributed by atoms with Gasteiger partial charge in [0.1, 0.15) is 5.82 Å². The van der Waals surface area contributed by atoms with Crippen molar-refractivity contribution in [3.05, 3.63) is 35.3 Å². The number of H-pyrrole nitrogens is 1. The molecule has 3 rings (SSSR count). The maximum atomic E-state index is 4.68. The number of aryl methyl sites for hydroxylation is 1. The quantitative estimate of drug-likeness (QED) is 0.906. The van der Waals surface area contributed by atoms with E-state index < -0.39 is 0 Å². The highest BCUT2D eigenvalue weighted by Gasteiger charge is 2.22. The largest absolute Gasteiger partial charge is 0.361 e. The van der Waals surface area contributed by atoms with Crippen LogP contribution in [0.4, 0.5) is 11.8 Å². The third-order valence-electron chi connectivity index (χ3n) is 3.76. The van der Waals surface area contributed by atoms with Gasteiger partial charge in [-0.2, -0.15) is 4.98 Å². The molecule has 1 aliphatic heterocycles. The molecule has 0 amide bonds. The van der Waals surface area contributed by atoms with E-state index in [2.05, 4.69) is 51.2 Å². The lowest BCUT2D eigenvalue weighted by Gasteiger charge is -2.30. The van der Waals surface area contributed by atoms with Crippen LogP contribution >= 0.6 is 0 Å². The first kappa shape index (κ1) is 13.7. The Balaban J connectivity index is 2.09. The number of aromatic nitrogens is 3. The van der Waals surface area contributed by atoms with Gasteiger partial charge in [0.25, 0.3) is 0 Å². The van der Waals surface area contributed by atoms with Gasteiger partial charge >= 0.3 is 0 Å². The van der Waals surface area contributed by atoms with E-state index in [0.717, 1.165) is 42.4 Å². The van der Waals surface area contributed by atoms with Crippen molar-refractivity contribution < 1.29 is 0 Å². The Morgan fingerprint density at radius 2 is 2.19 bits per heavy atom. The molecule has 0 aromatic carbocycles. The first-order valence-electron chi connectivity index (χ1n) is 7.44. The molecule has 0 saturated carbocycles. The van der Waals surface area contributed by atoms with E-state index >= 15 is 0 Å². The number of nitrogens with one attached hydrogen (secondary N) is 2. The van der Waals surface area contributed by atoms with E-state index in [-0.39, 0.29) is 0 Å². The number of aromatic amines is 1. The second-order valence-electron chi connectivity index (χ2n) is 5.17. The molecule has 2 N–H and O–H groups in total. The lowest BCUT2D eigenvalue weighted by atomic mass is 10.0. The summed E-state index contributed by atoms with van der Waals surface area (Å²) in [6.07, 6.45) is 4.16. The van der Waals surface area contributed by atoms with Crippen LogP contribution in [0.25, 0.3) is 11.6 Å². The van der Waals surface area contributed by atoms with E-state index in [4.69, 9.17) is 0 Å². The smallest absolute Gasteiger partial charge is 0.224 e. The van der Waals surface area contributed by atoms with Gasteiger partial charge in [0.05, 0.1) is 5.69 Å². The summed E-state index contributed by atoms with van der Waals surface area (Å²) in [5, 5.41) is 3.21. The van der Waals surface area contributed by atoms with Crippen molar-refractivity contribution in [3.63, 3.8) is 0 Å². The molecule has 0 saturated heterocycles. The molecule has 3 heterocycles.